The van der Waals surface area contributed by atoms with E-state index in [4.69, 9.17) is 16.2 Å². The molecule has 32 heavy (non-hydrogen) atoms. The van der Waals surface area contributed by atoms with Crippen molar-refractivity contribution >= 4 is 41.3 Å². The Bertz CT molecular complexity index is 754. The maximum atomic E-state index is 12.4. The smallest absolute Gasteiger partial charge is 0.305 e. The third-order valence-electron chi connectivity index (χ3n) is 3.87. The van der Waals surface area contributed by atoms with Gasteiger partial charge in [-0.15, -0.1) is 0 Å². The standard InChI is InChI=1S/C18H29N7O7/c1-3-13(27)22-8-14(28)24-11(5-4-6-21-18(19)20)17(32)23-9-15(29)25-12(10(2)26)7-16(30)31/h3,11-12H,1,4-9H2,2H3,(H,22,27)(H,23,32)(H,24,28)(H,25,29)(H,30,31)(H4,19,20,21)/t11-,12-/m1/s1. The van der Waals surface area contributed by atoms with Crippen LogP contribution in [-0.4, -0.2) is 78.2 Å². The number of nitrogens with one attached hydrogen (secondary N) is 6. The van der Waals surface area contributed by atoms with Crippen LogP contribution in [0.5, 0.6) is 0 Å². The second-order valence-corrected chi connectivity index (χ2v) is 6.57. The monoisotopic (exact) mass is 455 g/mol. The lowest BCUT2D eigenvalue weighted by Crippen LogP contribution is -2.52. The van der Waals surface area contributed by atoms with Gasteiger partial charge in [0.05, 0.1) is 25.6 Å². The number of rotatable bonds is 15. The number of carbonyl (C=O) groups is 6. The van der Waals surface area contributed by atoms with Crippen molar-refractivity contribution in [3.05, 3.63) is 12.7 Å². The number of nitrogens with two attached hydrogens (primary N) is 1. The maximum absolute atomic E-state index is 12.4. The lowest BCUT2D eigenvalue weighted by Gasteiger charge is -2.19. The topological polar surface area (TPSA) is 233 Å². The Kier molecular flexibility index (Phi) is 13.1. The summed E-state index contributed by atoms with van der Waals surface area (Å²) in [5.41, 5.74) is 5.17. The molecule has 0 rings (SSSR count). The SMILES string of the molecule is C=CC(=O)NCC(=O)N[C@H](CCCNC(=N)N)C(=O)NCC(=O)N[C@H](CC(=O)O)C(C)=O. The molecule has 0 bridgehead atoms. The van der Waals surface area contributed by atoms with Gasteiger partial charge in [0, 0.05) is 6.54 Å². The summed E-state index contributed by atoms with van der Waals surface area (Å²) in [6.45, 7) is 3.65. The van der Waals surface area contributed by atoms with Gasteiger partial charge in [0.2, 0.25) is 23.6 Å². The van der Waals surface area contributed by atoms with Crippen LogP contribution in [0.3, 0.4) is 0 Å². The van der Waals surface area contributed by atoms with Gasteiger partial charge < -0.3 is 37.4 Å². The Morgan fingerprint density at radius 3 is 2.06 bits per heavy atom. The third kappa shape index (κ3) is 13.3. The van der Waals surface area contributed by atoms with Gasteiger partial charge in [0.1, 0.15) is 6.04 Å². The van der Waals surface area contributed by atoms with Crippen LogP contribution in [0.1, 0.15) is 26.2 Å². The fourth-order valence-corrected chi connectivity index (χ4v) is 2.29. The molecule has 0 aliphatic heterocycles. The maximum Gasteiger partial charge on any atom is 0.305 e. The number of ketones is 1. The van der Waals surface area contributed by atoms with Gasteiger partial charge in [0.15, 0.2) is 11.7 Å². The van der Waals surface area contributed by atoms with Crippen molar-refractivity contribution < 1.29 is 33.9 Å². The lowest BCUT2D eigenvalue weighted by atomic mass is 10.1. The Morgan fingerprint density at radius 2 is 1.56 bits per heavy atom. The number of Topliss-reactive ketones (excluding diaryl/α,β-unsaturated/α-hetero) is 1. The van der Waals surface area contributed by atoms with Gasteiger partial charge in [-0.25, -0.2) is 0 Å². The minimum atomic E-state index is -1.28. The van der Waals surface area contributed by atoms with E-state index in [0.717, 1.165) is 13.0 Å². The molecule has 9 N–H and O–H groups in total. The zero-order valence-electron chi connectivity index (χ0n) is 17.7. The molecule has 0 aliphatic carbocycles. The van der Waals surface area contributed by atoms with Crippen molar-refractivity contribution in [2.24, 2.45) is 5.73 Å². The molecule has 0 spiro atoms. The van der Waals surface area contributed by atoms with Crippen LogP contribution in [0.25, 0.3) is 0 Å². The molecular formula is C18H29N7O7. The average Bonchev–Trinajstić information content (AvgIpc) is 2.71. The molecule has 14 nitrogen and oxygen atoms in total. The Morgan fingerprint density at radius 1 is 1.00 bits per heavy atom. The third-order valence-corrected chi connectivity index (χ3v) is 3.87. The van der Waals surface area contributed by atoms with Crippen molar-refractivity contribution in [2.45, 2.75) is 38.3 Å². The summed E-state index contributed by atoms with van der Waals surface area (Å²) < 4.78 is 0. The first-order valence-corrected chi connectivity index (χ1v) is 9.53. The number of guanidine groups is 1. The van der Waals surface area contributed by atoms with Gasteiger partial charge in [-0.3, -0.25) is 34.2 Å². The summed E-state index contributed by atoms with van der Waals surface area (Å²) in [5.74, 6) is -4.85. The predicted molar refractivity (Wildman–Crippen MR) is 112 cm³/mol. The zero-order chi connectivity index (χ0) is 24.7. The molecule has 0 saturated carbocycles. The van der Waals surface area contributed by atoms with Crippen LogP contribution in [-0.2, 0) is 28.8 Å². The average molecular weight is 455 g/mol. The largest absolute Gasteiger partial charge is 0.481 e. The molecular weight excluding hydrogens is 426 g/mol. The Labute approximate surface area is 184 Å². The molecule has 0 heterocycles. The molecule has 0 aromatic rings. The van der Waals surface area contributed by atoms with E-state index in [1.54, 1.807) is 0 Å². The summed E-state index contributed by atoms with van der Waals surface area (Å²) in [4.78, 5) is 69.8. The molecule has 0 aromatic heterocycles. The first-order chi connectivity index (χ1) is 15.0. The normalized spacial score (nSPS) is 11.8. The zero-order valence-corrected chi connectivity index (χ0v) is 17.7. The Hall–Kier alpha value is -3.97. The molecule has 2 atom stereocenters. The Balaban J connectivity index is 4.88. The predicted octanol–water partition coefficient (Wildman–Crippen LogP) is -3.30. The molecule has 0 saturated heterocycles. The van der Waals surface area contributed by atoms with E-state index in [1.165, 1.54) is 0 Å². The summed E-state index contributed by atoms with van der Waals surface area (Å²) in [5, 5.41) is 27.6. The van der Waals surface area contributed by atoms with Gasteiger partial charge in [-0.1, -0.05) is 6.58 Å². The van der Waals surface area contributed by atoms with Crippen molar-refractivity contribution in [1.29, 1.82) is 5.41 Å². The van der Waals surface area contributed by atoms with Gasteiger partial charge in [-0.2, -0.15) is 0 Å². The lowest BCUT2D eigenvalue weighted by molar-refractivity contribution is -0.140. The molecule has 14 heteroatoms. The van der Waals surface area contributed by atoms with E-state index in [-0.39, 0.29) is 18.9 Å². The number of carboxylic acids is 1. The van der Waals surface area contributed by atoms with Gasteiger partial charge >= 0.3 is 5.97 Å². The quantitative estimate of drug-likeness (QED) is 0.0534. The van der Waals surface area contributed by atoms with Gasteiger partial charge in [-0.05, 0) is 25.8 Å². The highest BCUT2D eigenvalue weighted by molar-refractivity contribution is 5.95. The van der Waals surface area contributed by atoms with Gasteiger partial charge in [0.25, 0.3) is 0 Å². The number of hydrogen-bond donors (Lipinski definition) is 8. The highest BCUT2D eigenvalue weighted by Crippen LogP contribution is 1.98. The molecule has 178 valence electrons. The summed E-state index contributed by atoms with van der Waals surface area (Å²) in [6, 6.07) is -2.31. The summed E-state index contributed by atoms with van der Waals surface area (Å²) in [7, 11) is 0. The van der Waals surface area contributed by atoms with Crippen LogP contribution in [0.4, 0.5) is 0 Å². The number of carboxylic acid groups (broad SMARTS) is 1. The van der Waals surface area contributed by atoms with Crippen LogP contribution in [0, 0.1) is 5.41 Å². The van der Waals surface area contributed by atoms with E-state index in [1.807, 2.05) is 0 Å². The molecule has 4 amide bonds. The number of carbonyl (C=O) groups excluding carboxylic acids is 5. The van der Waals surface area contributed by atoms with E-state index in [0.29, 0.717) is 6.42 Å². The highest BCUT2D eigenvalue weighted by atomic mass is 16.4. The fraction of sp³-hybridized carbons (Fsp3) is 0.500. The van der Waals surface area contributed by atoms with Crippen molar-refractivity contribution in [1.82, 2.24) is 26.6 Å². The highest BCUT2D eigenvalue weighted by Gasteiger charge is 2.23. The summed E-state index contributed by atoms with van der Waals surface area (Å²) in [6.07, 6.45) is 0.813. The van der Waals surface area contributed by atoms with E-state index in [9.17, 15) is 28.8 Å². The fourth-order valence-electron chi connectivity index (χ4n) is 2.29. The van der Waals surface area contributed by atoms with Crippen molar-refractivity contribution in [3.8, 4) is 0 Å². The first kappa shape index (κ1) is 28.0. The second-order valence-electron chi connectivity index (χ2n) is 6.57. The number of hydrogen-bond acceptors (Lipinski definition) is 7. The molecule has 0 unspecified atom stereocenters. The molecule has 0 aromatic carbocycles. The van der Waals surface area contributed by atoms with E-state index < -0.39 is 67.0 Å². The summed E-state index contributed by atoms with van der Waals surface area (Å²) >= 11 is 0. The molecule has 0 radical (unpaired) electrons. The number of amides is 4. The minimum Gasteiger partial charge on any atom is -0.481 e. The first-order valence-electron chi connectivity index (χ1n) is 9.53. The van der Waals surface area contributed by atoms with Crippen molar-refractivity contribution in [3.63, 3.8) is 0 Å². The number of aliphatic carboxylic acids is 1. The molecule has 0 fully saturated rings. The van der Waals surface area contributed by atoms with E-state index >= 15 is 0 Å². The van der Waals surface area contributed by atoms with Crippen LogP contribution >= 0.6 is 0 Å². The van der Waals surface area contributed by atoms with Crippen molar-refractivity contribution in [2.75, 3.05) is 19.6 Å². The van der Waals surface area contributed by atoms with Crippen LogP contribution in [0.2, 0.25) is 0 Å². The second kappa shape index (κ2) is 14.9. The van der Waals surface area contributed by atoms with E-state index in [2.05, 4.69) is 33.2 Å². The van der Waals surface area contributed by atoms with Crippen LogP contribution < -0.4 is 32.3 Å². The van der Waals surface area contributed by atoms with Crippen LogP contribution in [0.15, 0.2) is 12.7 Å². The molecule has 0 aliphatic rings. The minimum absolute atomic E-state index is 0.115.